The highest BCUT2D eigenvalue weighted by Crippen LogP contribution is 2.40. The molecular weight excluding hydrogens is 423 g/mol. The van der Waals surface area contributed by atoms with E-state index in [2.05, 4.69) is 15.0 Å². The summed E-state index contributed by atoms with van der Waals surface area (Å²) in [6.07, 6.45) is -1.42. The number of aromatic nitrogens is 4. The molecule has 5 atom stereocenters. The lowest BCUT2D eigenvalue weighted by atomic mass is 10.1. The van der Waals surface area contributed by atoms with Gasteiger partial charge in [-0.25, -0.2) is 15.0 Å². The number of imidazole rings is 1. The zero-order valence-corrected chi connectivity index (χ0v) is 17.6. The number of nitrogens with zero attached hydrogens (tertiary/aromatic N) is 5. The number of hydrogen-bond donors (Lipinski definition) is 7. The van der Waals surface area contributed by atoms with E-state index in [1.54, 1.807) is 21.1 Å². The third-order valence-electron chi connectivity index (χ3n) is 4.28. The Kier molecular flexibility index (Phi) is 7.50. The predicted molar refractivity (Wildman–Crippen MR) is 104 cm³/mol. The highest BCUT2D eigenvalue weighted by Gasteiger charge is 2.44. The molecule has 30 heavy (non-hydrogen) atoms. The standard InChI is InChI=1S/C10H13N5O4.C5H14NO4P/c11-8-5-9(13-2-12-8)15(3-14-5)10-7(18)6(17)4(1-16)19-10;1-6(2,3)4-5(7)11(8,9)10/h2-4,6-7,10,16-18H,1H2,(H2,11,12,13);5,7H,4H2,1-3H3,(H-,8,9,10)/p+1/t4-,6-,7-,10-;/m1./s1. The molecule has 8 N–H and O–H groups in total. The second kappa shape index (κ2) is 9.18. The molecule has 2 aromatic rings. The highest BCUT2D eigenvalue weighted by atomic mass is 31.2. The van der Waals surface area contributed by atoms with Gasteiger partial charge in [0.2, 0.25) is 5.85 Å². The van der Waals surface area contributed by atoms with Crippen LogP contribution in [0.3, 0.4) is 0 Å². The largest absolute Gasteiger partial charge is 0.394 e. The van der Waals surface area contributed by atoms with Crippen molar-refractivity contribution in [1.29, 1.82) is 0 Å². The Labute approximate surface area is 171 Å². The van der Waals surface area contributed by atoms with Crippen molar-refractivity contribution >= 4 is 24.6 Å². The average molecular weight is 451 g/mol. The minimum atomic E-state index is -4.31. The maximum Gasteiger partial charge on any atom is 0.359 e. The number of aliphatic hydroxyl groups excluding tert-OH is 4. The number of ether oxygens (including phenoxy) is 1. The Bertz CT molecular complexity index is 899. The van der Waals surface area contributed by atoms with Gasteiger partial charge in [-0.2, -0.15) is 0 Å². The van der Waals surface area contributed by atoms with Crippen LogP contribution in [0.1, 0.15) is 6.23 Å². The molecular formula is C15H28N6O8P+. The van der Waals surface area contributed by atoms with Crippen LogP contribution in [0.15, 0.2) is 12.7 Å². The van der Waals surface area contributed by atoms with Gasteiger partial charge in [-0.3, -0.25) is 9.13 Å². The van der Waals surface area contributed by atoms with Gasteiger partial charge in [-0.1, -0.05) is 0 Å². The lowest BCUT2D eigenvalue weighted by Gasteiger charge is -2.26. The second-order valence-electron chi connectivity index (χ2n) is 7.85. The summed E-state index contributed by atoms with van der Waals surface area (Å²) in [4.78, 5) is 28.9. The molecule has 1 fully saturated rings. The van der Waals surface area contributed by atoms with Gasteiger partial charge in [-0.05, 0) is 0 Å². The molecule has 0 bridgehead atoms. The number of anilines is 1. The van der Waals surface area contributed by atoms with Crippen molar-refractivity contribution in [2.45, 2.75) is 30.4 Å². The molecule has 3 rings (SSSR count). The highest BCUT2D eigenvalue weighted by molar-refractivity contribution is 7.52. The van der Waals surface area contributed by atoms with Crippen molar-refractivity contribution in [1.82, 2.24) is 19.5 Å². The van der Waals surface area contributed by atoms with E-state index in [-0.39, 0.29) is 12.4 Å². The van der Waals surface area contributed by atoms with Crippen LogP contribution in [0.5, 0.6) is 0 Å². The maximum atomic E-state index is 10.4. The topological polar surface area (TPSA) is 217 Å². The molecule has 0 aliphatic carbocycles. The van der Waals surface area contributed by atoms with Crippen molar-refractivity contribution in [2.24, 2.45) is 0 Å². The van der Waals surface area contributed by atoms with Gasteiger partial charge in [0, 0.05) is 0 Å². The molecule has 1 aliphatic rings. The van der Waals surface area contributed by atoms with Gasteiger partial charge >= 0.3 is 7.60 Å². The summed E-state index contributed by atoms with van der Waals surface area (Å²) in [5, 5.41) is 37.7. The first-order valence-corrected chi connectivity index (χ1v) is 10.5. The number of likely N-dealkylation sites (N-methyl/N-ethyl adjacent to an activating group) is 1. The Morgan fingerprint density at radius 3 is 2.33 bits per heavy atom. The van der Waals surface area contributed by atoms with E-state index in [9.17, 15) is 14.8 Å². The van der Waals surface area contributed by atoms with Crippen LogP contribution in [-0.4, -0.2) is 113 Å². The predicted octanol–water partition coefficient (Wildman–Crippen LogP) is -2.79. The van der Waals surface area contributed by atoms with Gasteiger partial charge in [0.05, 0.1) is 34.1 Å². The molecule has 2 aromatic heterocycles. The van der Waals surface area contributed by atoms with E-state index in [4.69, 9.17) is 30.5 Å². The average Bonchev–Trinajstić information content (AvgIpc) is 3.16. The number of fused-ring (bicyclic) bond motifs is 1. The Hall–Kier alpha value is -1.74. The van der Waals surface area contributed by atoms with Gasteiger partial charge in [-0.15, -0.1) is 0 Å². The van der Waals surface area contributed by atoms with Crippen LogP contribution >= 0.6 is 7.60 Å². The molecule has 1 saturated heterocycles. The number of aliphatic hydroxyl groups is 4. The van der Waals surface area contributed by atoms with E-state index >= 15 is 0 Å². The number of nitrogens with two attached hydrogens (primary N) is 1. The van der Waals surface area contributed by atoms with E-state index in [0.717, 1.165) is 0 Å². The van der Waals surface area contributed by atoms with E-state index < -0.39 is 44.6 Å². The van der Waals surface area contributed by atoms with Crippen molar-refractivity contribution in [3.63, 3.8) is 0 Å². The number of quaternary nitrogens is 1. The number of nitrogen functional groups attached to an aromatic ring is 1. The Balaban J connectivity index is 0.000000252. The van der Waals surface area contributed by atoms with Crippen molar-refractivity contribution in [3.05, 3.63) is 12.7 Å². The smallest absolute Gasteiger partial charge is 0.359 e. The third kappa shape index (κ3) is 5.69. The summed E-state index contributed by atoms with van der Waals surface area (Å²) in [7, 11) is 0.933. The first-order chi connectivity index (χ1) is 13.8. The summed E-state index contributed by atoms with van der Waals surface area (Å²) in [5.74, 6) is -1.34. The fourth-order valence-corrected chi connectivity index (χ4v) is 3.46. The Morgan fingerprint density at radius 2 is 1.87 bits per heavy atom. The number of rotatable bonds is 5. The fourth-order valence-electron chi connectivity index (χ4n) is 2.76. The zero-order valence-electron chi connectivity index (χ0n) is 16.7. The van der Waals surface area contributed by atoms with Crippen LogP contribution in [0.4, 0.5) is 5.82 Å². The van der Waals surface area contributed by atoms with Crippen LogP contribution < -0.4 is 5.73 Å². The molecule has 15 heteroatoms. The van der Waals surface area contributed by atoms with E-state index in [1.165, 1.54) is 17.2 Å². The van der Waals surface area contributed by atoms with Crippen molar-refractivity contribution in [2.75, 3.05) is 40.0 Å². The molecule has 0 aromatic carbocycles. The van der Waals surface area contributed by atoms with E-state index in [1.807, 2.05) is 0 Å². The molecule has 3 heterocycles. The minimum absolute atomic E-state index is 0.0459. The lowest BCUT2D eigenvalue weighted by molar-refractivity contribution is -0.872. The molecule has 0 amide bonds. The monoisotopic (exact) mass is 451 g/mol. The van der Waals surface area contributed by atoms with Gasteiger partial charge in [0.15, 0.2) is 17.7 Å². The van der Waals surface area contributed by atoms with Crippen LogP contribution in [0.2, 0.25) is 0 Å². The van der Waals surface area contributed by atoms with Crippen molar-refractivity contribution in [3.8, 4) is 0 Å². The molecule has 0 radical (unpaired) electrons. The molecule has 0 spiro atoms. The molecule has 0 saturated carbocycles. The SMILES string of the molecule is C[N+](C)(C)CC(O)P(=O)(O)O.Nc1ncnc2c1ncn2[C@@H]1O[C@H](CO)[C@@H](O)[C@H]1O. The molecule has 170 valence electrons. The summed E-state index contributed by atoms with van der Waals surface area (Å²) < 4.78 is 17.6. The van der Waals surface area contributed by atoms with Crippen LogP contribution in [0.25, 0.3) is 11.2 Å². The Morgan fingerprint density at radius 1 is 1.23 bits per heavy atom. The van der Waals surface area contributed by atoms with Crippen LogP contribution in [-0.2, 0) is 9.30 Å². The fraction of sp³-hybridized carbons (Fsp3) is 0.667. The second-order valence-corrected chi connectivity index (χ2v) is 9.63. The molecule has 14 nitrogen and oxygen atoms in total. The first kappa shape index (κ1) is 24.5. The lowest BCUT2D eigenvalue weighted by Crippen LogP contribution is -2.41. The summed E-state index contributed by atoms with van der Waals surface area (Å²) in [6.45, 7) is -0.344. The quantitative estimate of drug-likeness (QED) is 0.181. The molecule has 1 unspecified atom stereocenters. The zero-order chi connectivity index (χ0) is 22.9. The maximum absolute atomic E-state index is 10.4. The summed E-state index contributed by atoms with van der Waals surface area (Å²) >= 11 is 0. The summed E-state index contributed by atoms with van der Waals surface area (Å²) in [6, 6.07) is 0. The van der Waals surface area contributed by atoms with Gasteiger partial charge < -0.3 is 45.2 Å². The minimum Gasteiger partial charge on any atom is -0.394 e. The van der Waals surface area contributed by atoms with Gasteiger partial charge in [0.1, 0.15) is 36.7 Å². The molecule has 1 aliphatic heterocycles. The third-order valence-corrected chi connectivity index (χ3v) is 5.22. The first-order valence-electron chi connectivity index (χ1n) is 8.85. The van der Waals surface area contributed by atoms with E-state index in [0.29, 0.717) is 15.6 Å². The number of hydrogen-bond acceptors (Lipinski definition) is 10. The normalized spacial score (nSPS) is 25.8. The van der Waals surface area contributed by atoms with Crippen LogP contribution in [0, 0.1) is 0 Å². The van der Waals surface area contributed by atoms with Crippen molar-refractivity contribution < 1.29 is 44.0 Å². The van der Waals surface area contributed by atoms with Gasteiger partial charge in [0.25, 0.3) is 0 Å². The summed E-state index contributed by atoms with van der Waals surface area (Å²) in [5.41, 5.74) is 6.44.